The average Bonchev–Trinajstić information content (AvgIpc) is 2.92. The number of hydrogen-bond donors (Lipinski definition) is 3. The van der Waals surface area contributed by atoms with Gasteiger partial charge < -0.3 is 25.6 Å². The zero-order valence-corrected chi connectivity index (χ0v) is 24.0. The van der Waals surface area contributed by atoms with Crippen molar-refractivity contribution in [2.75, 3.05) is 55.1 Å². The van der Waals surface area contributed by atoms with E-state index in [-0.39, 0.29) is 11.8 Å². The van der Waals surface area contributed by atoms with E-state index in [0.717, 1.165) is 6.08 Å². The highest BCUT2D eigenvalue weighted by Crippen LogP contribution is 2.37. The fourth-order valence-corrected chi connectivity index (χ4v) is 5.31. The van der Waals surface area contributed by atoms with Gasteiger partial charge in [-0.25, -0.2) is 13.4 Å². The van der Waals surface area contributed by atoms with Gasteiger partial charge in [-0.05, 0) is 43.7 Å². The molecule has 0 radical (unpaired) electrons. The number of sulfonamides is 1. The zero-order chi connectivity index (χ0) is 30.7. The van der Waals surface area contributed by atoms with Crippen LogP contribution in [0.2, 0.25) is 0 Å². The minimum Gasteiger partial charge on any atom is -0.479 e. The Kier molecular flexibility index (Phi) is 8.77. The summed E-state index contributed by atoms with van der Waals surface area (Å²) in [7, 11) is -1.89. The summed E-state index contributed by atoms with van der Waals surface area (Å²) >= 11 is 0. The Balaban J connectivity index is 1.57. The second kappa shape index (κ2) is 12.0. The molecule has 3 heterocycles. The number of nitrogens with zero attached hydrogens (tertiary/aromatic N) is 5. The smallest absolute Gasteiger partial charge is 0.421 e. The van der Waals surface area contributed by atoms with Gasteiger partial charge in [0, 0.05) is 38.1 Å². The Morgan fingerprint density at radius 1 is 1.19 bits per heavy atom. The second-order valence-corrected chi connectivity index (χ2v) is 11.9. The van der Waals surface area contributed by atoms with Crippen molar-refractivity contribution in [2.24, 2.45) is 0 Å². The van der Waals surface area contributed by atoms with E-state index in [2.05, 4.69) is 37.5 Å². The van der Waals surface area contributed by atoms with Gasteiger partial charge in [-0.2, -0.15) is 27.4 Å². The fourth-order valence-electron chi connectivity index (χ4n) is 4.48. The van der Waals surface area contributed by atoms with Gasteiger partial charge in [0.25, 0.3) is 0 Å². The summed E-state index contributed by atoms with van der Waals surface area (Å²) in [4.78, 5) is 26.1. The number of carbonyl (C=O) groups is 1. The van der Waals surface area contributed by atoms with Crippen LogP contribution in [0.15, 0.2) is 54.9 Å². The Morgan fingerprint density at radius 2 is 1.90 bits per heavy atom. The topological polar surface area (TPSA) is 142 Å². The summed E-state index contributed by atoms with van der Waals surface area (Å²) in [5.41, 5.74) is -1.38. The maximum absolute atomic E-state index is 13.9. The number of aromatic nitrogens is 3. The molecule has 226 valence electrons. The Bertz CT molecular complexity index is 1520. The third-order valence-corrected chi connectivity index (χ3v) is 7.88. The molecule has 1 aliphatic heterocycles. The van der Waals surface area contributed by atoms with Gasteiger partial charge in [0.2, 0.25) is 27.8 Å². The number of carbonyl (C=O) groups excluding carboxylic acids is 1. The Labute approximate surface area is 241 Å². The van der Waals surface area contributed by atoms with Crippen LogP contribution in [-0.4, -0.2) is 78.7 Å². The third-order valence-electron chi connectivity index (χ3n) is 6.58. The molecule has 16 heteroatoms. The first-order chi connectivity index (χ1) is 19.7. The fraction of sp³-hybridized carbons (Fsp3) is 0.385. The van der Waals surface area contributed by atoms with E-state index in [9.17, 15) is 26.4 Å². The van der Waals surface area contributed by atoms with Gasteiger partial charge in [0.1, 0.15) is 22.9 Å². The SMILES string of the molecule is C=CC(=O)NC1=CC(C)(Nc2nc(Nc3ccc(N4CCN(S(C)(=O)=O)CC4)nc3OC)ncc2C(F)(F)F)CC=C1. The lowest BCUT2D eigenvalue weighted by Crippen LogP contribution is -2.48. The number of nitrogens with one attached hydrogen (secondary N) is 3. The summed E-state index contributed by atoms with van der Waals surface area (Å²) in [6.45, 7) is 6.54. The van der Waals surface area contributed by atoms with Gasteiger partial charge in [-0.3, -0.25) is 4.79 Å². The third kappa shape index (κ3) is 7.36. The molecule has 4 rings (SSSR count). The average molecular weight is 609 g/mol. The molecule has 2 aromatic rings. The predicted octanol–water partition coefficient (Wildman–Crippen LogP) is 3.04. The molecular weight excluding hydrogens is 577 g/mol. The van der Waals surface area contributed by atoms with E-state index >= 15 is 0 Å². The quantitative estimate of drug-likeness (QED) is 0.364. The normalized spacial score (nSPS) is 19.6. The minimum atomic E-state index is -4.74. The van der Waals surface area contributed by atoms with E-state index in [4.69, 9.17) is 4.74 Å². The molecule has 3 N–H and O–H groups in total. The maximum Gasteiger partial charge on any atom is 0.421 e. The molecule has 2 aromatic heterocycles. The van der Waals surface area contributed by atoms with Crippen LogP contribution in [0.4, 0.5) is 36.4 Å². The lowest BCUT2D eigenvalue weighted by Gasteiger charge is -2.34. The van der Waals surface area contributed by atoms with E-state index in [1.165, 1.54) is 17.7 Å². The van der Waals surface area contributed by atoms with E-state index in [1.54, 1.807) is 37.3 Å². The van der Waals surface area contributed by atoms with Crippen LogP contribution < -0.4 is 25.6 Å². The largest absolute Gasteiger partial charge is 0.479 e. The molecule has 0 spiro atoms. The van der Waals surface area contributed by atoms with Crippen molar-refractivity contribution in [1.82, 2.24) is 24.6 Å². The predicted molar refractivity (Wildman–Crippen MR) is 152 cm³/mol. The number of hydrogen-bond acceptors (Lipinski definition) is 10. The summed E-state index contributed by atoms with van der Waals surface area (Å²) in [6, 6.07) is 3.31. The van der Waals surface area contributed by atoms with E-state index < -0.39 is 39.0 Å². The van der Waals surface area contributed by atoms with Crippen LogP contribution in [-0.2, 0) is 21.0 Å². The zero-order valence-electron chi connectivity index (χ0n) is 23.2. The Hall–Kier alpha value is -4.18. The second-order valence-electron chi connectivity index (χ2n) is 9.90. The van der Waals surface area contributed by atoms with Crippen molar-refractivity contribution in [2.45, 2.75) is 25.1 Å². The van der Waals surface area contributed by atoms with Crippen molar-refractivity contribution in [3.8, 4) is 5.88 Å². The molecule has 1 aliphatic carbocycles. The number of halogens is 3. The van der Waals surface area contributed by atoms with Crippen molar-refractivity contribution >= 4 is 39.2 Å². The highest BCUT2D eigenvalue weighted by molar-refractivity contribution is 7.88. The summed E-state index contributed by atoms with van der Waals surface area (Å²) in [5, 5.41) is 8.33. The van der Waals surface area contributed by atoms with Crippen LogP contribution in [0.25, 0.3) is 0 Å². The number of amides is 1. The van der Waals surface area contributed by atoms with Gasteiger partial charge in [0.05, 0.1) is 18.9 Å². The van der Waals surface area contributed by atoms with Crippen LogP contribution in [0.5, 0.6) is 5.88 Å². The summed E-state index contributed by atoms with van der Waals surface area (Å²) in [6.07, 6.45) is 3.49. The van der Waals surface area contributed by atoms with Gasteiger partial charge in [0.15, 0.2) is 0 Å². The molecule has 1 fully saturated rings. The number of ether oxygens (including phenoxy) is 1. The standard InChI is InChI=1S/C26H31F3N8O4S/c1-5-21(38)31-17-7-6-10-25(2,15-17)35-22-18(26(27,28)29)16-30-24(34-22)32-19-8-9-20(33-23(19)41-3)36-11-13-37(14-12-36)42(4,39)40/h5-9,15-16H,1,10-14H2,2-4H3,(H,31,38)(H2,30,32,34,35). The molecule has 2 aliphatic rings. The first-order valence-electron chi connectivity index (χ1n) is 12.8. The first kappa shape index (κ1) is 30.8. The molecule has 0 aromatic carbocycles. The number of piperazine rings is 1. The molecule has 12 nitrogen and oxygen atoms in total. The van der Waals surface area contributed by atoms with Crippen LogP contribution in [0, 0.1) is 0 Å². The number of anilines is 4. The van der Waals surface area contributed by atoms with Crippen LogP contribution in [0.3, 0.4) is 0 Å². The van der Waals surface area contributed by atoms with Crippen LogP contribution in [0.1, 0.15) is 18.9 Å². The molecule has 0 bridgehead atoms. The minimum absolute atomic E-state index is 0.140. The van der Waals surface area contributed by atoms with Gasteiger partial charge in [-0.1, -0.05) is 12.7 Å². The highest BCUT2D eigenvalue weighted by atomic mass is 32.2. The molecule has 1 unspecified atom stereocenters. The summed E-state index contributed by atoms with van der Waals surface area (Å²) in [5.74, 6) is -0.365. The van der Waals surface area contributed by atoms with E-state index in [0.29, 0.717) is 56.0 Å². The first-order valence-corrected chi connectivity index (χ1v) is 14.6. The molecule has 1 amide bonds. The number of methoxy groups -OCH3 is 1. The summed E-state index contributed by atoms with van der Waals surface area (Å²) < 4.78 is 72.1. The highest BCUT2D eigenvalue weighted by Gasteiger charge is 2.37. The van der Waals surface area contributed by atoms with Crippen LogP contribution >= 0.6 is 0 Å². The van der Waals surface area contributed by atoms with E-state index in [1.807, 2.05) is 4.90 Å². The lowest BCUT2D eigenvalue weighted by atomic mass is 9.91. The number of allylic oxidation sites excluding steroid dienone is 1. The van der Waals surface area contributed by atoms with Gasteiger partial charge in [-0.15, -0.1) is 0 Å². The number of rotatable bonds is 9. The molecule has 1 saturated heterocycles. The maximum atomic E-state index is 13.9. The monoisotopic (exact) mass is 608 g/mol. The van der Waals surface area contributed by atoms with Crippen molar-refractivity contribution in [3.63, 3.8) is 0 Å². The molecule has 0 saturated carbocycles. The van der Waals surface area contributed by atoms with Crippen molar-refractivity contribution < 1.29 is 31.1 Å². The number of pyridine rings is 1. The molecule has 42 heavy (non-hydrogen) atoms. The lowest BCUT2D eigenvalue weighted by molar-refractivity contribution is -0.137. The number of alkyl halides is 3. The Morgan fingerprint density at radius 3 is 2.52 bits per heavy atom. The van der Waals surface area contributed by atoms with Gasteiger partial charge >= 0.3 is 6.18 Å². The van der Waals surface area contributed by atoms with Crippen molar-refractivity contribution in [1.29, 1.82) is 0 Å². The molecule has 1 atom stereocenters. The van der Waals surface area contributed by atoms with Crippen molar-refractivity contribution in [3.05, 3.63) is 60.5 Å². The molecular formula is C26H31F3N8O4S.